The fourth-order valence-corrected chi connectivity index (χ4v) is 7.19. The van der Waals surface area contributed by atoms with Crippen molar-refractivity contribution in [2.45, 2.75) is 61.5 Å². The predicted octanol–water partition coefficient (Wildman–Crippen LogP) is 1.85. The summed E-state index contributed by atoms with van der Waals surface area (Å²) in [7, 11) is -2.76. The summed E-state index contributed by atoms with van der Waals surface area (Å²) in [5.41, 5.74) is -1.01. The van der Waals surface area contributed by atoms with Crippen molar-refractivity contribution in [3.63, 3.8) is 0 Å². The van der Waals surface area contributed by atoms with Crippen LogP contribution in [0.15, 0.2) is 11.1 Å². The molecule has 11 heteroatoms. The van der Waals surface area contributed by atoms with Crippen LogP contribution in [0, 0.1) is 5.41 Å². The Morgan fingerprint density at radius 3 is 2.41 bits per heavy atom. The van der Waals surface area contributed by atoms with Crippen LogP contribution < -0.4 is 0 Å². The van der Waals surface area contributed by atoms with Crippen molar-refractivity contribution in [1.82, 2.24) is 19.0 Å². The van der Waals surface area contributed by atoms with Crippen LogP contribution in [0.1, 0.15) is 37.8 Å². The second-order valence-electron chi connectivity index (χ2n) is 9.00. The first-order chi connectivity index (χ1) is 13.6. The molecule has 1 saturated carbocycles. The minimum Gasteiger partial charge on any atom is -0.375 e. The van der Waals surface area contributed by atoms with E-state index in [-0.39, 0.29) is 5.41 Å². The van der Waals surface area contributed by atoms with Gasteiger partial charge in [-0.2, -0.15) is 22.6 Å². The van der Waals surface area contributed by atoms with Crippen LogP contribution in [0.5, 0.6) is 0 Å². The van der Waals surface area contributed by atoms with Gasteiger partial charge in [0.2, 0.25) is 0 Å². The molecule has 0 unspecified atom stereocenters. The number of sulfonamides is 1. The van der Waals surface area contributed by atoms with Crippen LogP contribution in [-0.2, 0) is 28.0 Å². The Labute approximate surface area is 167 Å². The average Bonchev–Trinajstić information content (AvgIpc) is 3.34. The first-order valence-corrected chi connectivity index (χ1v) is 11.5. The van der Waals surface area contributed by atoms with Crippen molar-refractivity contribution in [3.05, 3.63) is 11.8 Å². The van der Waals surface area contributed by atoms with Crippen LogP contribution in [-0.4, -0.2) is 71.8 Å². The molecule has 0 N–H and O–H groups in total. The quantitative estimate of drug-likeness (QED) is 0.727. The summed E-state index contributed by atoms with van der Waals surface area (Å²) >= 11 is 0. The summed E-state index contributed by atoms with van der Waals surface area (Å²) in [4.78, 5) is 2.57. The van der Waals surface area contributed by atoms with Gasteiger partial charge in [-0.05, 0) is 37.5 Å². The Balaban J connectivity index is 1.23. The zero-order valence-corrected chi connectivity index (χ0v) is 17.0. The lowest BCUT2D eigenvalue weighted by Crippen LogP contribution is -2.57. The molecule has 4 fully saturated rings. The van der Waals surface area contributed by atoms with Gasteiger partial charge < -0.3 is 4.74 Å². The third-order valence-corrected chi connectivity index (χ3v) is 9.22. The van der Waals surface area contributed by atoms with Gasteiger partial charge in [-0.1, -0.05) is 0 Å². The lowest BCUT2D eigenvalue weighted by atomic mass is 9.60. The number of ether oxygens (including phenoxy) is 1. The zero-order chi connectivity index (χ0) is 20.6. The summed E-state index contributed by atoms with van der Waals surface area (Å²) in [6, 6.07) is 1.72. The van der Waals surface area contributed by atoms with E-state index in [0.717, 1.165) is 49.9 Å². The minimum atomic E-state index is -4.67. The normalized spacial score (nSPS) is 30.9. The molecule has 0 radical (unpaired) electrons. The number of nitrogens with zero attached hydrogens (tertiary/aromatic N) is 4. The summed E-state index contributed by atoms with van der Waals surface area (Å²) < 4.78 is 72.3. The summed E-state index contributed by atoms with van der Waals surface area (Å²) in [6.45, 7) is 2.52. The van der Waals surface area contributed by atoms with Gasteiger partial charge in [0.1, 0.15) is 0 Å². The van der Waals surface area contributed by atoms with Gasteiger partial charge in [-0.3, -0.25) is 9.58 Å². The standard InChI is InChI=1S/C18H25F3N4O3S/c1-23-16(7-15(22-23)18(19,20)21)29(26,27)24-4-2-17(3-5-24)8-13(9-17)25-10-14-6-12(25)11-28-14/h7,12-14H,2-6,8-11H2,1H3/t12-,14-/m1/s1. The maximum atomic E-state index is 12.9. The zero-order valence-electron chi connectivity index (χ0n) is 16.2. The third kappa shape index (κ3) is 3.21. The Hall–Kier alpha value is -1.17. The largest absolute Gasteiger partial charge is 0.435 e. The SMILES string of the molecule is Cn1nc(C(F)(F)F)cc1S(=O)(=O)N1CCC2(CC1)CC(N1C[C@H]3C[C@@H]1CO3)C2. The summed E-state index contributed by atoms with van der Waals surface area (Å²) in [5.74, 6) is 0. The summed E-state index contributed by atoms with van der Waals surface area (Å²) in [5, 5.41) is 2.94. The highest BCUT2D eigenvalue weighted by atomic mass is 32.2. The van der Waals surface area contributed by atoms with Crippen LogP contribution in [0.2, 0.25) is 0 Å². The van der Waals surface area contributed by atoms with E-state index in [1.165, 1.54) is 11.4 Å². The smallest absolute Gasteiger partial charge is 0.375 e. The number of rotatable bonds is 3. The van der Waals surface area contributed by atoms with Gasteiger partial charge in [0.05, 0.1) is 12.7 Å². The monoisotopic (exact) mass is 434 g/mol. The fraction of sp³-hybridized carbons (Fsp3) is 0.833. The van der Waals surface area contributed by atoms with Gasteiger partial charge in [-0.15, -0.1) is 0 Å². The van der Waals surface area contributed by atoms with Crippen molar-refractivity contribution < 1.29 is 26.3 Å². The van der Waals surface area contributed by atoms with Gasteiger partial charge in [0.25, 0.3) is 10.0 Å². The van der Waals surface area contributed by atoms with Crippen molar-refractivity contribution in [2.75, 3.05) is 26.2 Å². The highest BCUT2D eigenvalue weighted by molar-refractivity contribution is 7.89. The number of fused-ring (bicyclic) bond motifs is 2. The number of morpholine rings is 1. The molecule has 1 aromatic heterocycles. The third-order valence-electron chi connectivity index (χ3n) is 7.26. The maximum absolute atomic E-state index is 12.9. The Kier molecular flexibility index (Phi) is 4.37. The molecule has 7 nitrogen and oxygen atoms in total. The molecule has 1 spiro atoms. The second kappa shape index (κ2) is 6.41. The predicted molar refractivity (Wildman–Crippen MR) is 96.5 cm³/mol. The molecule has 4 aliphatic rings. The average molecular weight is 434 g/mol. The molecule has 2 bridgehead atoms. The number of aromatic nitrogens is 2. The molecule has 29 heavy (non-hydrogen) atoms. The van der Waals surface area contributed by atoms with Crippen molar-refractivity contribution >= 4 is 10.0 Å². The number of halogens is 3. The Morgan fingerprint density at radius 2 is 1.90 bits per heavy atom. The van der Waals surface area contributed by atoms with E-state index in [1.807, 2.05) is 0 Å². The highest BCUT2D eigenvalue weighted by Gasteiger charge is 2.53. The van der Waals surface area contributed by atoms with Gasteiger partial charge in [-0.25, -0.2) is 8.42 Å². The number of likely N-dealkylation sites (tertiary alicyclic amines) is 1. The van der Waals surface area contributed by atoms with Crippen molar-refractivity contribution in [2.24, 2.45) is 12.5 Å². The van der Waals surface area contributed by atoms with Crippen LogP contribution in [0.3, 0.4) is 0 Å². The molecular formula is C18H25F3N4O3S. The van der Waals surface area contributed by atoms with Crippen molar-refractivity contribution in [1.29, 1.82) is 0 Å². The van der Waals surface area contributed by atoms with E-state index in [1.54, 1.807) is 0 Å². The lowest BCUT2D eigenvalue weighted by Gasteiger charge is -2.55. The van der Waals surface area contributed by atoms with Crippen LogP contribution in [0.25, 0.3) is 0 Å². The van der Waals surface area contributed by atoms with Gasteiger partial charge in [0, 0.05) is 44.8 Å². The number of hydrogen-bond donors (Lipinski definition) is 0. The fourth-order valence-electron chi connectivity index (χ4n) is 5.62. The molecule has 3 aliphatic heterocycles. The number of hydrogen-bond acceptors (Lipinski definition) is 5. The molecule has 3 saturated heterocycles. The lowest BCUT2D eigenvalue weighted by molar-refractivity contribution is -0.141. The molecule has 0 amide bonds. The van der Waals surface area contributed by atoms with E-state index >= 15 is 0 Å². The highest BCUT2D eigenvalue weighted by Crippen LogP contribution is 2.53. The van der Waals surface area contributed by atoms with E-state index in [4.69, 9.17) is 4.74 Å². The molecular weight excluding hydrogens is 409 g/mol. The first-order valence-electron chi connectivity index (χ1n) is 10.1. The van der Waals surface area contributed by atoms with Crippen LogP contribution >= 0.6 is 0 Å². The first kappa shape index (κ1) is 19.8. The molecule has 2 atom stereocenters. The molecule has 162 valence electrons. The minimum absolute atomic E-state index is 0.170. The molecule has 0 aromatic carbocycles. The Morgan fingerprint density at radius 1 is 1.21 bits per heavy atom. The summed E-state index contributed by atoms with van der Waals surface area (Å²) in [6.07, 6.45) is 0.501. The molecule has 1 aliphatic carbocycles. The molecule has 1 aromatic rings. The number of alkyl halides is 3. The second-order valence-corrected chi connectivity index (χ2v) is 10.9. The van der Waals surface area contributed by atoms with E-state index in [9.17, 15) is 21.6 Å². The van der Waals surface area contributed by atoms with E-state index in [0.29, 0.717) is 37.3 Å². The maximum Gasteiger partial charge on any atom is 0.435 e. The molecule has 4 heterocycles. The van der Waals surface area contributed by atoms with Gasteiger partial charge in [0.15, 0.2) is 10.7 Å². The topological polar surface area (TPSA) is 67.7 Å². The van der Waals surface area contributed by atoms with E-state index in [2.05, 4.69) is 10.00 Å². The van der Waals surface area contributed by atoms with Crippen molar-refractivity contribution in [3.8, 4) is 0 Å². The number of aryl methyl sites for hydroxylation is 1. The van der Waals surface area contributed by atoms with Crippen LogP contribution in [0.4, 0.5) is 13.2 Å². The molecule has 5 rings (SSSR count). The van der Waals surface area contributed by atoms with Gasteiger partial charge >= 0.3 is 6.18 Å². The van der Waals surface area contributed by atoms with E-state index < -0.39 is 26.9 Å². The Bertz CT molecular complexity index is 900. The number of piperidine rings is 1.